The van der Waals surface area contributed by atoms with Crippen molar-refractivity contribution < 1.29 is 4.39 Å². The van der Waals surface area contributed by atoms with E-state index in [9.17, 15) is 4.39 Å². The maximum atomic E-state index is 13.9. The fourth-order valence-electron chi connectivity index (χ4n) is 2.07. The normalized spacial score (nSPS) is 15.8. The number of hydrogen-bond donors (Lipinski definition) is 0. The van der Waals surface area contributed by atoms with Crippen LogP contribution in [-0.2, 0) is 0 Å². The van der Waals surface area contributed by atoms with Gasteiger partial charge in [-0.3, -0.25) is 0 Å². The van der Waals surface area contributed by atoms with Gasteiger partial charge < -0.3 is 9.80 Å². The van der Waals surface area contributed by atoms with Crippen LogP contribution in [0.5, 0.6) is 0 Å². The topological polar surface area (TPSA) is 6.48 Å². The highest BCUT2D eigenvalue weighted by molar-refractivity contribution is 5.58. The molecule has 1 heterocycles. The molecule has 0 unspecified atom stereocenters. The Morgan fingerprint density at radius 3 is 2.44 bits per heavy atom. The zero-order chi connectivity index (χ0) is 11.7. The molecule has 1 aromatic carbocycles. The highest BCUT2D eigenvalue weighted by atomic mass is 19.1. The summed E-state index contributed by atoms with van der Waals surface area (Å²) in [7, 11) is 2.02. The van der Waals surface area contributed by atoms with Crippen LogP contribution < -0.4 is 4.90 Å². The van der Waals surface area contributed by atoms with Crippen LogP contribution in [0.2, 0.25) is 0 Å². The van der Waals surface area contributed by atoms with Gasteiger partial charge in [0, 0.05) is 32.5 Å². The fourth-order valence-corrected chi connectivity index (χ4v) is 2.07. The maximum absolute atomic E-state index is 13.9. The quantitative estimate of drug-likeness (QED) is 0.718. The van der Waals surface area contributed by atoms with Crippen molar-refractivity contribution in [3.8, 4) is 0 Å². The number of likely N-dealkylation sites (N-methyl/N-ethyl adjacent to an activating group) is 1. The molecule has 2 nitrogen and oxygen atoms in total. The largest absolute Gasteiger partial charge is 0.377 e. The van der Waals surface area contributed by atoms with E-state index in [1.54, 1.807) is 6.07 Å². The summed E-state index contributed by atoms with van der Waals surface area (Å²) in [4.78, 5) is 4.07. The maximum Gasteiger partial charge on any atom is 0.147 e. The van der Waals surface area contributed by atoms with Gasteiger partial charge in [0.25, 0.3) is 0 Å². The SMILES string of the molecule is Cc1cc(C)c(N2C=CN(C)CC2)c(F)c1. The Labute approximate surface area is 96.0 Å². The Hall–Kier alpha value is -1.51. The van der Waals surface area contributed by atoms with E-state index in [1.807, 2.05) is 44.3 Å². The van der Waals surface area contributed by atoms with E-state index >= 15 is 0 Å². The molecule has 0 N–H and O–H groups in total. The van der Waals surface area contributed by atoms with Crippen molar-refractivity contribution in [2.45, 2.75) is 13.8 Å². The molecule has 0 aliphatic carbocycles. The number of benzene rings is 1. The summed E-state index contributed by atoms with van der Waals surface area (Å²) in [5.41, 5.74) is 2.67. The molecule has 0 amide bonds. The second-order valence-electron chi connectivity index (χ2n) is 4.38. The fraction of sp³-hybridized carbons (Fsp3) is 0.385. The molecule has 0 radical (unpaired) electrons. The first-order valence-electron chi connectivity index (χ1n) is 5.50. The van der Waals surface area contributed by atoms with Gasteiger partial charge in [-0.25, -0.2) is 4.39 Å². The number of aryl methyl sites for hydroxylation is 2. The molecule has 86 valence electrons. The third-order valence-electron chi connectivity index (χ3n) is 2.88. The molecule has 0 aromatic heterocycles. The lowest BCUT2D eigenvalue weighted by molar-refractivity contribution is 0.445. The van der Waals surface area contributed by atoms with Crippen LogP contribution in [0, 0.1) is 19.7 Å². The van der Waals surface area contributed by atoms with Crippen molar-refractivity contribution in [2.24, 2.45) is 0 Å². The Bertz CT molecular complexity index is 403. The summed E-state index contributed by atoms with van der Waals surface area (Å²) < 4.78 is 13.9. The predicted molar refractivity (Wildman–Crippen MR) is 65.0 cm³/mol. The molecular formula is C13H17FN2. The lowest BCUT2D eigenvalue weighted by Crippen LogP contribution is -2.33. The lowest BCUT2D eigenvalue weighted by atomic mass is 10.1. The minimum atomic E-state index is -0.133. The molecule has 0 atom stereocenters. The standard InChI is InChI=1S/C13H17FN2/c1-10-8-11(2)13(12(14)9-10)16-6-4-15(3)5-7-16/h4,6,8-9H,5,7H2,1-3H3. The summed E-state index contributed by atoms with van der Waals surface area (Å²) >= 11 is 0. The second-order valence-corrected chi connectivity index (χ2v) is 4.38. The van der Waals surface area contributed by atoms with Gasteiger partial charge in [0.15, 0.2) is 0 Å². The third kappa shape index (κ3) is 2.03. The number of nitrogens with zero attached hydrogens (tertiary/aromatic N) is 2. The first kappa shape index (κ1) is 11.0. The molecule has 0 fully saturated rings. The Balaban J connectivity index is 2.37. The zero-order valence-corrected chi connectivity index (χ0v) is 10.00. The Kier molecular flexibility index (Phi) is 2.86. The van der Waals surface area contributed by atoms with Gasteiger partial charge in [-0.15, -0.1) is 0 Å². The van der Waals surface area contributed by atoms with Crippen molar-refractivity contribution in [2.75, 3.05) is 25.0 Å². The molecular weight excluding hydrogens is 203 g/mol. The number of halogens is 1. The first-order valence-corrected chi connectivity index (χ1v) is 5.50. The van der Waals surface area contributed by atoms with Gasteiger partial charge in [-0.1, -0.05) is 6.07 Å². The molecule has 0 saturated heterocycles. The van der Waals surface area contributed by atoms with Gasteiger partial charge in [0.2, 0.25) is 0 Å². The van der Waals surface area contributed by atoms with Gasteiger partial charge in [0.1, 0.15) is 5.82 Å². The smallest absolute Gasteiger partial charge is 0.147 e. The summed E-state index contributed by atoms with van der Waals surface area (Å²) in [5.74, 6) is -0.133. The molecule has 3 heteroatoms. The highest BCUT2D eigenvalue weighted by Crippen LogP contribution is 2.26. The van der Waals surface area contributed by atoms with Gasteiger partial charge in [0.05, 0.1) is 5.69 Å². The number of hydrogen-bond acceptors (Lipinski definition) is 2. The Morgan fingerprint density at radius 1 is 1.12 bits per heavy atom. The van der Waals surface area contributed by atoms with Crippen molar-refractivity contribution in [3.63, 3.8) is 0 Å². The molecule has 0 saturated carbocycles. The highest BCUT2D eigenvalue weighted by Gasteiger charge is 2.15. The van der Waals surface area contributed by atoms with Crippen molar-refractivity contribution in [1.29, 1.82) is 0 Å². The monoisotopic (exact) mass is 220 g/mol. The average Bonchev–Trinajstić information content (AvgIpc) is 2.19. The molecule has 2 rings (SSSR count). The number of anilines is 1. The summed E-state index contributed by atoms with van der Waals surface area (Å²) in [6, 6.07) is 3.61. The van der Waals surface area contributed by atoms with Crippen LogP contribution in [0.3, 0.4) is 0 Å². The summed E-state index contributed by atoms with van der Waals surface area (Å²) in [6.45, 7) is 5.62. The first-order chi connectivity index (χ1) is 7.58. The molecule has 16 heavy (non-hydrogen) atoms. The predicted octanol–water partition coefficient (Wildman–Crippen LogP) is 2.67. The molecule has 1 aliphatic heterocycles. The zero-order valence-electron chi connectivity index (χ0n) is 10.00. The lowest BCUT2D eigenvalue weighted by Gasteiger charge is -2.30. The van der Waals surface area contributed by atoms with Crippen LogP contribution in [0.25, 0.3) is 0 Å². The van der Waals surface area contributed by atoms with Crippen molar-refractivity contribution >= 4 is 5.69 Å². The van der Waals surface area contributed by atoms with E-state index in [2.05, 4.69) is 4.90 Å². The van der Waals surface area contributed by atoms with Crippen molar-refractivity contribution in [1.82, 2.24) is 4.90 Å². The van der Waals surface area contributed by atoms with Gasteiger partial charge in [-0.05, 0) is 31.0 Å². The molecule has 0 spiro atoms. The molecule has 1 aromatic rings. The van der Waals surface area contributed by atoms with Crippen LogP contribution in [0.1, 0.15) is 11.1 Å². The van der Waals surface area contributed by atoms with Crippen LogP contribution in [0.15, 0.2) is 24.5 Å². The van der Waals surface area contributed by atoms with Gasteiger partial charge in [-0.2, -0.15) is 0 Å². The minimum absolute atomic E-state index is 0.133. The third-order valence-corrected chi connectivity index (χ3v) is 2.88. The summed E-state index contributed by atoms with van der Waals surface area (Å²) in [5, 5.41) is 0. The van der Waals surface area contributed by atoms with Crippen molar-refractivity contribution in [3.05, 3.63) is 41.5 Å². The van der Waals surface area contributed by atoms with E-state index in [0.29, 0.717) is 5.69 Å². The molecule has 0 bridgehead atoms. The van der Waals surface area contributed by atoms with Crippen LogP contribution in [0.4, 0.5) is 10.1 Å². The van der Waals surface area contributed by atoms with E-state index in [-0.39, 0.29) is 5.82 Å². The molecule has 1 aliphatic rings. The van der Waals surface area contributed by atoms with E-state index < -0.39 is 0 Å². The van der Waals surface area contributed by atoms with Gasteiger partial charge >= 0.3 is 0 Å². The average molecular weight is 220 g/mol. The second kappa shape index (κ2) is 4.16. The van der Waals surface area contributed by atoms with Crippen LogP contribution >= 0.6 is 0 Å². The Morgan fingerprint density at radius 2 is 1.88 bits per heavy atom. The number of rotatable bonds is 1. The van der Waals surface area contributed by atoms with E-state index in [4.69, 9.17) is 0 Å². The van der Waals surface area contributed by atoms with E-state index in [1.165, 1.54) is 0 Å². The minimum Gasteiger partial charge on any atom is -0.377 e. The van der Waals surface area contributed by atoms with E-state index in [0.717, 1.165) is 24.2 Å². The summed E-state index contributed by atoms with van der Waals surface area (Å²) in [6.07, 6.45) is 3.91. The van der Waals surface area contributed by atoms with Crippen LogP contribution in [-0.4, -0.2) is 25.0 Å².